The highest BCUT2D eigenvalue weighted by molar-refractivity contribution is 9.10. The molecule has 0 spiro atoms. The van der Waals surface area contributed by atoms with E-state index >= 15 is 0 Å². The zero-order valence-electron chi connectivity index (χ0n) is 11.9. The number of hydrogen-bond donors (Lipinski definition) is 0. The van der Waals surface area contributed by atoms with E-state index in [-0.39, 0.29) is 0 Å². The third-order valence-corrected chi connectivity index (χ3v) is 4.68. The molecule has 2 heterocycles. The van der Waals surface area contributed by atoms with Gasteiger partial charge in [-0.15, -0.1) is 0 Å². The maximum Gasteiger partial charge on any atom is 0.268 e. The van der Waals surface area contributed by atoms with Crippen molar-refractivity contribution < 1.29 is 4.74 Å². The summed E-state index contributed by atoms with van der Waals surface area (Å²) in [5, 5.41) is 13.0. The van der Waals surface area contributed by atoms with Crippen LogP contribution in [-0.2, 0) is 0 Å². The number of aliphatic imine (C=N–C) groups is 1. The lowest BCUT2D eigenvalue weighted by molar-refractivity contribution is -0.358. The summed E-state index contributed by atoms with van der Waals surface area (Å²) in [6.07, 6.45) is 1.000. The highest BCUT2D eigenvalue weighted by Gasteiger charge is 2.37. The van der Waals surface area contributed by atoms with Crippen LogP contribution in [0.3, 0.4) is 0 Å². The van der Waals surface area contributed by atoms with Crippen molar-refractivity contribution in [2.75, 3.05) is 18.0 Å². The third kappa shape index (κ3) is 1.96. The van der Waals surface area contributed by atoms with E-state index in [2.05, 4.69) is 25.8 Å². The summed E-state index contributed by atoms with van der Waals surface area (Å²) in [5.41, 5.74) is 3.10. The molecule has 2 aliphatic rings. The Hall–Kier alpha value is -2.14. The van der Waals surface area contributed by atoms with Crippen LogP contribution in [0, 0.1) is 5.21 Å². The lowest BCUT2D eigenvalue weighted by atomic mass is 10.0. The van der Waals surface area contributed by atoms with Crippen LogP contribution < -0.4 is 4.90 Å². The van der Waals surface area contributed by atoms with Crippen LogP contribution in [0.1, 0.15) is 12.0 Å². The van der Waals surface area contributed by atoms with E-state index in [1.807, 2.05) is 48.5 Å². The van der Waals surface area contributed by atoms with E-state index in [1.165, 1.54) is 0 Å². The lowest BCUT2D eigenvalue weighted by Gasteiger charge is -2.33. The molecule has 0 fully saturated rings. The normalized spacial score (nSPS) is 17.0. The summed E-state index contributed by atoms with van der Waals surface area (Å²) in [6.45, 7) is 1.65. The Labute approximate surface area is 137 Å². The maximum absolute atomic E-state index is 13.0. The van der Waals surface area contributed by atoms with Gasteiger partial charge in [0.1, 0.15) is 5.69 Å². The van der Waals surface area contributed by atoms with Gasteiger partial charge in [0.15, 0.2) is 0 Å². The van der Waals surface area contributed by atoms with Gasteiger partial charge in [-0.05, 0) is 40.5 Å². The second-order valence-corrected chi connectivity index (χ2v) is 6.18. The van der Waals surface area contributed by atoms with Gasteiger partial charge in [-0.25, -0.2) is 0 Å². The smallest absolute Gasteiger partial charge is 0.268 e. The molecule has 2 aliphatic heterocycles. The average molecular weight is 356 g/mol. The molecule has 0 saturated heterocycles. The maximum atomic E-state index is 13.0. The second kappa shape index (κ2) is 5.25. The quantitative estimate of drug-likeness (QED) is 0.578. The predicted octanol–water partition coefficient (Wildman–Crippen LogP) is 3.70. The number of amidine groups is 1. The minimum atomic E-state index is 0.617. The molecule has 0 aromatic heterocycles. The van der Waals surface area contributed by atoms with E-state index in [0.717, 1.165) is 45.8 Å². The zero-order chi connectivity index (χ0) is 15.1. The molecule has 0 radical (unpaired) electrons. The molecule has 4 nitrogen and oxygen atoms in total. The van der Waals surface area contributed by atoms with Crippen molar-refractivity contribution in [2.45, 2.75) is 6.42 Å². The lowest BCUT2D eigenvalue weighted by Crippen LogP contribution is -2.46. The molecule has 0 unspecified atom stereocenters. The molecular formula is C17H14BrN3O. The van der Waals surface area contributed by atoms with E-state index in [4.69, 9.17) is 0 Å². The first-order valence-electron chi connectivity index (χ1n) is 7.28. The Morgan fingerprint density at radius 3 is 2.73 bits per heavy atom. The van der Waals surface area contributed by atoms with Crippen LogP contribution in [0.15, 0.2) is 58.0 Å². The molecule has 0 aliphatic carbocycles. The molecule has 4 rings (SSSR count). The van der Waals surface area contributed by atoms with Crippen molar-refractivity contribution in [1.82, 2.24) is 0 Å². The average Bonchev–Trinajstić information content (AvgIpc) is 2.57. The van der Waals surface area contributed by atoms with Gasteiger partial charge in [-0.3, -0.25) is 4.99 Å². The van der Waals surface area contributed by atoms with Crippen molar-refractivity contribution >= 4 is 38.9 Å². The highest BCUT2D eigenvalue weighted by atomic mass is 79.9. The number of fused-ring (bicyclic) bond motifs is 3. The van der Waals surface area contributed by atoms with Gasteiger partial charge in [0.2, 0.25) is 11.5 Å². The fourth-order valence-electron chi connectivity index (χ4n) is 3.00. The SMILES string of the molecule is [O-][N+]1=C(c2ccccc2Br)C2=NCCCN2c2ccccc21. The topological polar surface area (TPSA) is 41.7 Å². The van der Waals surface area contributed by atoms with Crippen LogP contribution in [0.5, 0.6) is 0 Å². The standard InChI is InChI=1S/C17H14BrN3O/c18-13-7-2-1-6-12(13)16-17-19-10-5-11-20(17)14-8-3-4-9-15(14)21(16)22/h1-4,6-9H,5,10-11H2. The number of benzene rings is 2. The molecule has 0 saturated carbocycles. The monoisotopic (exact) mass is 355 g/mol. The molecule has 0 amide bonds. The first kappa shape index (κ1) is 13.5. The molecule has 110 valence electrons. The van der Waals surface area contributed by atoms with Crippen LogP contribution in [-0.4, -0.2) is 29.4 Å². The molecule has 5 heteroatoms. The molecule has 2 aromatic rings. The molecule has 0 N–H and O–H groups in total. The van der Waals surface area contributed by atoms with Crippen molar-refractivity contribution in [3.05, 3.63) is 63.8 Å². The van der Waals surface area contributed by atoms with Crippen molar-refractivity contribution in [1.29, 1.82) is 0 Å². The molecule has 22 heavy (non-hydrogen) atoms. The molecule has 0 atom stereocenters. The summed E-state index contributed by atoms with van der Waals surface area (Å²) >= 11 is 3.56. The van der Waals surface area contributed by atoms with E-state index in [1.54, 1.807) is 0 Å². The second-order valence-electron chi connectivity index (χ2n) is 5.32. The number of hydrogen-bond acceptors (Lipinski definition) is 3. The molecule has 0 bridgehead atoms. The van der Waals surface area contributed by atoms with Crippen molar-refractivity contribution in [3.63, 3.8) is 0 Å². The molecular weight excluding hydrogens is 342 g/mol. The fourth-order valence-corrected chi connectivity index (χ4v) is 3.47. The first-order chi connectivity index (χ1) is 10.8. The van der Waals surface area contributed by atoms with E-state index < -0.39 is 0 Å². The Kier molecular flexibility index (Phi) is 3.22. The largest absolute Gasteiger partial charge is 0.618 e. The summed E-state index contributed by atoms with van der Waals surface area (Å²) in [6, 6.07) is 15.5. The summed E-state index contributed by atoms with van der Waals surface area (Å²) in [7, 11) is 0. The Bertz CT molecular complexity index is 813. The molecule has 2 aromatic carbocycles. The Balaban J connectivity index is 2.03. The highest BCUT2D eigenvalue weighted by Crippen LogP contribution is 2.35. The van der Waals surface area contributed by atoms with Gasteiger partial charge >= 0.3 is 0 Å². The van der Waals surface area contributed by atoms with Gasteiger partial charge in [0.25, 0.3) is 5.71 Å². The minimum Gasteiger partial charge on any atom is -0.618 e. The summed E-state index contributed by atoms with van der Waals surface area (Å²) in [5.74, 6) is 0.770. The van der Waals surface area contributed by atoms with Gasteiger partial charge in [0.05, 0.1) is 5.56 Å². The van der Waals surface area contributed by atoms with Crippen molar-refractivity contribution in [2.24, 2.45) is 4.99 Å². The predicted molar refractivity (Wildman–Crippen MR) is 92.2 cm³/mol. The fraction of sp³-hybridized carbons (Fsp3) is 0.176. The van der Waals surface area contributed by atoms with Crippen LogP contribution in [0.2, 0.25) is 0 Å². The summed E-state index contributed by atoms with van der Waals surface area (Å²) in [4.78, 5) is 6.80. The van der Waals surface area contributed by atoms with Crippen LogP contribution in [0.25, 0.3) is 0 Å². The number of para-hydroxylation sites is 2. The van der Waals surface area contributed by atoms with Gasteiger partial charge in [0, 0.05) is 23.6 Å². The van der Waals surface area contributed by atoms with Crippen molar-refractivity contribution in [3.8, 4) is 0 Å². The first-order valence-corrected chi connectivity index (χ1v) is 8.07. The number of anilines is 1. The number of rotatable bonds is 1. The van der Waals surface area contributed by atoms with Gasteiger partial charge in [-0.1, -0.05) is 24.3 Å². The Morgan fingerprint density at radius 2 is 1.86 bits per heavy atom. The van der Waals surface area contributed by atoms with E-state index in [0.29, 0.717) is 11.4 Å². The number of halogens is 1. The Morgan fingerprint density at radius 1 is 1.09 bits per heavy atom. The van der Waals surface area contributed by atoms with E-state index in [9.17, 15) is 5.21 Å². The van der Waals surface area contributed by atoms with Gasteiger partial charge in [-0.2, -0.15) is 4.74 Å². The number of nitrogens with zero attached hydrogens (tertiary/aromatic N) is 3. The van der Waals surface area contributed by atoms with Crippen LogP contribution >= 0.6 is 15.9 Å². The van der Waals surface area contributed by atoms with Crippen LogP contribution in [0.4, 0.5) is 11.4 Å². The van der Waals surface area contributed by atoms with Gasteiger partial charge < -0.3 is 10.1 Å². The summed E-state index contributed by atoms with van der Waals surface area (Å²) < 4.78 is 1.91. The third-order valence-electron chi connectivity index (χ3n) is 3.99. The zero-order valence-corrected chi connectivity index (χ0v) is 13.5. The minimum absolute atomic E-state index is 0.617.